The summed E-state index contributed by atoms with van der Waals surface area (Å²) in [4.78, 5) is 2.51. The molecule has 1 aromatic rings. The molecule has 0 aliphatic carbocycles. The predicted octanol–water partition coefficient (Wildman–Crippen LogP) is 1.76. The van der Waals surface area contributed by atoms with Gasteiger partial charge in [0, 0.05) is 18.7 Å². The van der Waals surface area contributed by atoms with Crippen LogP contribution in [0.3, 0.4) is 0 Å². The summed E-state index contributed by atoms with van der Waals surface area (Å²) in [6, 6.07) is 9.13. The maximum atomic E-state index is 2.51. The van der Waals surface area contributed by atoms with Crippen molar-refractivity contribution in [1.82, 2.24) is 0 Å². The normalized spacial score (nSPS) is 17.9. The van der Waals surface area contributed by atoms with Crippen LogP contribution < -0.4 is 10.2 Å². The number of hydrogen-bond acceptors (Lipinski definition) is 1. The van der Waals surface area contributed by atoms with Gasteiger partial charge in [0.05, 0.1) is 19.6 Å². The van der Waals surface area contributed by atoms with Crippen molar-refractivity contribution in [3.8, 4) is 0 Å². The Hall–Kier alpha value is -1.02. The van der Waals surface area contributed by atoms with Crippen molar-refractivity contribution in [2.24, 2.45) is 0 Å². The Kier molecular flexibility index (Phi) is 3.72. The van der Waals surface area contributed by atoms with Crippen LogP contribution in [0, 0.1) is 0 Å². The molecule has 0 spiro atoms. The topological polar surface area (TPSA) is 19.9 Å². The second kappa shape index (κ2) is 5.09. The van der Waals surface area contributed by atoms with Crippen LogP contribution in [0.25, 0.3) is 0 Å². The molecule has 0 radical (unpaired) electrons. The highest BCUT2D eigenvalue weighted by atomic mass is 15.2. The van der Waals surface area contributed by atoms with E-state index in [1.54, 1.807) is 0 Å². The van der Waals surface area contributed by atoms with E-state index in [-0.39, 0.29) is 5.41 Å². The van der Waals surface area contributed by atoms with Gasteiger partial charge in [-0.2, -0.15) is 0 Å². The largest absolute Gasteiger partial charge is 0.366 e. The van der Waals surface area contributed by atoms with Crippen molar-refractivity contribution in [2.45, 2.75) is 32.6 Å². The van der Waals surface area contributed by atoms with Crippen molar-refractivity contribution in [1.29, 1.82) is 0 Å². The molecular formula is C15H25N2+. The molecule has 1 aromatic carbocycles. The third-order valence-electron chi connectivity index (χ3n) is 3.54. The van der Waals surface area contributed by atoms with E-state index < -0.39 is 0 Å². The minimum Gasteiger partial charge on any atom is -0.366 e. The van der Waals surface area contributed by atoms with Crippen molar-refractivity contribution >= 4 is 5.69 Å². The van der Waals surface area contributed by atoms with E-state index in [0.29, 0.717) is 0 Å². The second-order valence-corrected chi connectivity index (χ2v) is 6.00. The lowest BCUT2D eigenvalue weighted by atomic mass is 9.87. The minimum absolute atomic E-state index is 0.255. The summed E-state index contributed by atoms with van der Waals surface area (Å²) in [5.41, 5.74) is 3.06. The molecule has 1 fully saturated rings. The second-order valence-electron chi connectivity index (χ2n) is 6.00. The third kappa shape index (κ3) is 3.22. The van der Waals surface area contributed by atoms with Crippen LogP contribution in [0.2, 0.25) is 0 Å². The molecule has 2 N–H and O–H groups in total. The minimum atomic E-state index is 0.255. The van der Waals surface area contributed by atoms with Gasteiger partial charge in [0.1, 0.15) is 0 Å². The number of quaternary nitrogens is 1. The molecule has 0 unspecified atom stereocenters. The molecule has 0 atom stereocenters. The van der Waals surface area contributed by atoms with E-state index in [4.69, 9.17) is 0 Å². The molecule has 94 valence electrons. The van der Waals surface area contributed by atoms with Gasteiger partial charge in [0.25, 0.3) is 0 Å². The Morgan fingerprint density at radius 3 is 2.35 bits per heavy atom. The summed E-state index contributed by atoms with van der Waals surface area (Å²) in [7, 11) is 0. The molecule has 1 aliphatic heterocycles. The monoisotopic (exact) mass is 233 g/mol. The maximum absolute atomic E-state index is 2.51. The highest BCUT2D eigenvalue weighted by Crippen LogP contribution is 2.24. The van der Waals surface area contributed by atoms with E-state index in [2.05, 4.69) is 55.3 Å². The lowest BCUT2D eigenvalue weighted by Crippen LogP contribution is -2.84. The highest BCUT2D eigenvalue weighted by Gasteiger charge is 2.15. The van der Waals surface area contributed by atoms with Gasteiger partial charge in [-0.15, -0.1) is 0 Å². The molecule has 0 amide bonds. The highest BCUT2D eigenvalue weighted by molar-refractivity contribution is 5.48. The molecule has 0 aromatic heterocycles. The first-order valence-electron chi connectivity index (χ1n) is 6.74. The van der Waals surface area contributed by atoms with E-state index in [1.807, 2.05) is 0 Å². The molecule has 1 saturated heterocycles. The summed E-state index contributed by atoms with van der Waals surface area (Å²) in [6.07, 6.45) is 1.29. The summed E-state index contributed by atoms with van der Waals surface area (Å²) < 4.78 is 0. The summed E-state index contributed by atoms with van der Waals surface area (Å²) in [5.74, 6) is 0. The summed E-state index contributed by atoms with van der Waals surface area (Å²) in [6.45, 7) is 11.7. The van der Waals surface area contributed by atoms with Crippen LogP contribution in [-0.4, -0.2) is 26.2 Å². The molecule has 2 nitrogen and oxygen atoms in total. The fourth-order valence-corrected chi connectivity index (χ4v) is 2.36. The fourth-order valence-electron chi connectivity index (χ4n) is 2.36. The van der Waals surface area contributed by atoms with Gasteiger partial charge in [-0.1, -0.05) is 32.9 Å². The first kappa shape index (κ1) is 12.4. The number of anilines is 1. The number of nitrogens with zero attached hydrogens (tertiary/aromatic N) is 1. The zero-order valence-corrected chi connectivity index (χ0v) is 11.4. The Morgan fingerprint density at radius 1 is 1.00 bits per heavy atom. The van der Waals surface area contributed by atoms with Gasteiger partial charge in [0.15, 0.2) is 0 Å². The molecule has 0 bridgehead atoms. The Morgan fingerprint density at radius 2 is 1.71 bits per heavy atom. The third-order valence-corrected chi connectivity index (χ3v) is 3.54. The molecule has 2 heteroatoms. The smallest absolute Gasteiger partial charge is 0.0933 e. The van der Waals surface area contributed by atoms with Gasteiger partial charge in [0.2, 0.25) is 0 Å². The van der Waals surface area contributed by atoms with E-state index in [1.165, 1.54) is 43.9 Å². The first-order valence-corrected chi connectivity index (χ1v) is 6.74. The van der Waals surface area contributed by atoms with E-state index in [9.17, 15) is 0 Å². The Bertz CT molecular complexity index is 340. The van der Waals surface area contributed by atoms with Crippen molar-refractivity contribution < 1.29 is 5.32 Å². The van der Waals surface area contributed by atoms with Crippen LogP contribution in [0.15, 0.2) is 24.3 Å². The van der Waals surface area contributed by atoms with Crippen LogP contribution in [-0.2, 0) is 5.41 Å². The number of rotatable bonds is 1. The van der Waals surface area contributed by atoms with Crippen molar-refractivity contribution in [3.63, 3.8) is 0 Å². The molecular weight excluding hydrogens is 208 g/mol. The van der Waals surface area contributed by atoms with Crippen LogP contribution in [0.1, 0.15) is 32.8 Å². The SMILES string of the molecule is CC(C)(C)c1ccc(N2CCC[NH2+]CC2)cc1. The molecule has 1 aliphatic rings. The molecule has 2 rings (SSSR count). The Labute approximate surface area is 105 Å². The van der Waals surface area contributed by atoms with Gasteiger partial charge in [-0.3, -0.25) is 0 Å². The van der Waals surface area contributed by atoms with Gasteiger partial charge in [-0.05, 0) is 23.1 Å². The molecule has 1 heterocycles. The quantitative estimate of drug-likeness (QED) is 0.783. The van der Waals surface area contributed by atoms with Gasteiger partial charge in [-0.25, -0.2) is 0 Å². The van der Waals surface area contributed by atoms with Crippen molar-refractivity contribution in [2.75, 3.05) is 31.1 Å². The van der Waals surface area contributed by atoms with Gasteiger partial charge >= 0.3 is 0 Å². The summed E-state index contributed by atoms with van der Waals surface area (Å²) >= 11 is 0. The van der Waals surface area contributed by atoms with E-state index in [0.717, 1.165) is 0 Å². The van der Waals surface area contributed by atoms with E-state index >= 15 is 0 Å². The average Bonchev–Trinajstić information content (AvgIpc) is 2.56. The lowest BCUT2D eigenvalue weighted by Gasteiger charge is -2.24. The average molecular weight is 233 g/mol. The number of benzene rings is 1. The van der Waals surface area contributed by atoms with Crippen LogP contribution >= 0.6 is 0 Å². The maximum Gasteiger partial charge on any atom is 0.0933 e. The predicted molar refractivity (Wildman–Crippen MR) is 73.6 cm³/mol. The van der Waals surface area contributed by atoms with Crippen LogP contribution in [0.5, 0.6) is 0 Å². The standard InChI is InChI=1S/C15H24N2/c1-15(2,3)13-5-7-14(8-6-13)17-11-4-9-16-10-12-17/h5-8,16H,4,9-12H2,1-3H3/p+1. The molecule has 17 heavy (non-hydrogen) atoms. The molecule has 0 saturated carbocycles. The zero-order valence-electron chi connectivity index (χ0n) is 11.4. The summed E-state index contributed by atoms with van der Waals surface area (Å²) in [5, 5.41) is 2.42. The number of hydrogen-bond donors (Lipinski definition) is 1. The zero-order chi connectivity index (χ0) is 12.3. The van der Waals surface area contributed by atoms with Crippen LogP contribution in [0.4, 0.5) is 5.69 Å². The first-order chi connectivity index (χ1) is 8.07. The number of nitrogens with two attached hydrogens (primary N) is 1. The van der Waals surface area contributed by atoms with Gasteiger partial charge < -0.3 is 10.2 Å². The van der Waals surface area contributed by atoms with Crippen molar-refractivity contribution in [3.05, 3.63) is 29.8 Å². The lowest BCUT2D eigenvalue weighted by molar-refractivity contribution is -0.650. The fraction of sp³-hybridized carbons (Fsp3) is 0.600. The Balaban J connectivity index is 2.11.